The van der Waals surface area contributed by atoms with Gasteiger partial charge in [-0.15, -0.1) is 0 Å². The third kappa shape index (κ3) is 4.92. The van der Waals surface area contributed by atoms with Gasteiger partial charge < -0.3 is 16.4 Å². The van der Waals surface area contributed by atoms with E-state index in [1.807, 2.05) is 42.5 Å². The van der Waals surface area contributed by atoms with Gasteiger partial charge in [0.25, 0.3) is 0 Å². The van der Waals surface area contributed by atoms with Gasteiger partial charge in [0.15, 0.2) is 5.78 Å². The molecule has 2 aromatic carbocycles. The summed E-state index contributed by atoms with van der Waals surface area (Å²) in [7, 11) is 0. The van der Waals surface area contributed by atoms with Gasteiger partial charge in [-0.25, -0.2) is 4.98 Å². The highest BCUT2D eigenvalue weighted by Gasteiger charge is 2.11. The zero-order valence-electron chi connectivity index (χ0n) is 15.1. The Morgan fingerprint density at radius 1 is 1.07 bits per heavy atom. The molecule has 1 amide bonds. The molecule has 0 saturated heterocycles. The summed E-state index contributed by atoms with van der Waals surface area (Å²) in [5, 5.41) is 6.28. The van der Waals surface area contributed by atoms with Gasteiger partial charge in [0.1, 0.15) is 5.82 Å². The molecule has 28 heavy (non-hydrogen) atoms. The Morgan fingerprint density at radius 2 is 1.79 bits per heavy atom. The minimum Gasteiger partial charge on any atom is -0.369 e. The highest BCUT2D eigenvalue weighted by atomic mass is 79.9. The average molecular weight is 440 g/mol. The number of nitrogens with zero attached hydrogens (tertiary/aromatic N) is 2. The standard InChI is InChI=1S/C20H18BrN5O2/c1-12(27)15-4-2-3-5-17(15)25-19-16(21)11-23-20(26-19)24-14-8-6-13(7-9-14)10-18(22)28/h2-9,11H,10H2,1H3,(H2,22,28)(H2,23,24,25,26). The summed E-state index contributed by atoms with van der Waals surface area (Å²) in [5.74, 6) is 0.492. The van der Waals surface area contributed by atoms with Crippen LogP contribution in [-0.4, -0.2) is 21.7 Å². The lowest BCUT2D eigenvalue weighted by molar-refractivity contribution is -0.117. The van der Waals surface area contributed by atoms with Crippen molar-refractivity contribution >= 4 is 50.8 Å². The summed E-state index contributed by atoms with van der Waals surface area (Å²) >= 11 is 3.42. The van der Waals surface area contributed by atoms with Crippen LogP contribution >= 0.6 is 15.9 Å². The topological polar surface area (TPSA) is 110 Å². The van der Waals surface area contributed by atoms with Gasteiger partial charge in [-0.05, 0) is 52.7 Å². The first kappa shape index (κ1) is 19.5. The number of rotatable bonds is 7. The number of nitrogens with one attached hydrogen (secondary N) is 2. The molecule has 0 aliphatic carbocycles. The van der Waals surface area contributed by atoms with Crippen LogP contribution in [0.3, 0.4) is 0 Å². The molecule has 0 unspecified atom stereocenters. The van der Waals surface area contributed by atoms with Gasteiger partial charge in [0.2, 0.25) is 11.9 Å². The van der Waals surface area contributed by atoms with E-state index in [0.29, 0.717) is 27.5 Å². The number of carbonyl (C=O) groups excluding carboxylic acids is 2. The van der Waals surface area contributed by atoms with Crippen LogP contribution in [0.5, 0.6) is 0 Å². The van der Waals surface area contributed by atoms with E-state index in [2.05, 4.69) is 36.5 Å². The van der Waals surface area contributed by atoms with E-state index in [0.717, 1.165) is 11.3 Å². The maximum atomic E-state index is 11.8. The predicted molar refractivity (Wildman–Crippen MR) is 112 cm³/mol. The van der Waals surface area contributed by atoms with Gasteiger partial charge in [0, 0.05) is 17.4 Å². The van der Waals surface area contributed by atoms with E-state index in [1.54, 1.807) is 12.3 Å². The summed E-state index contributed by atoms with van der Waals surface area (Å²) in [6.45, 7) is 1.52. The van der Waals surface area contributed by atoms with Crippen molar-refractivity contribution in [1.82, 2.24) is 9.97 Å². The van der Waals surface area contributed by atoms with Crippen LogP contribution < -0.4 is 16.4 Å². The molecule has 0 fully saturated rings. The molecule has 0 radical (unpaired) electrons. The van der Waals surface area contributed by atoms with Crippen LogP contribution in [0, 0.1) is 0 Å². The summed E-state index contributed by atoms with van der Waals surface area (Å²) in [6.07, 6.45) is 1.81. The third-order valence-corrected chi connectivity index (χ3v) is 4.47. The lowest BCUT2D eigenvalue weighted by Crippen LogP contribution is -2.13. The number of aromatic nitrogens is 2. The van der Waals surface area contributed by atoms with Gasteiger partial charge in [0.05, 0.1) is 16.6 Å². The Bertz CT molecular complexity index is 1020. The number of Topliss-reactive ketones (excluding diaryl/α,β-unsaturated/α-hetero) is 1. The van der Waals surface area contributed by atoms with Crippen LogP contribution in [0.1, 0.15) is 22.8 Å². The molecule has 0 saturated carbocycles. The number of benzene rings is 2. The molecular weight excluding hydrogens is 422 g/mol. The number of anilines is 4. The summed E-state index contributed by atoms with van der Waals surface area (Å²) in [4.78, 5) is 31.5. The van der Waals surface area contributed by atoms with Crippen molar-refractivity contribution < 1.29 is 9.59 Å². The Hall–Kier alpha value is -3.26. The molecule has 4 N–H and O–H groups in total. The van der Waals surface area contributed by atoms with Crippen LogP contribution in [-0.2, 0) is 11.2 Å². The predicted octanol–water partition coefficient (Wildman–Crippen LogP) is 3.96. The zero-order valence-corrected chi connectivity index (χ0v) is 16.7. The molecule has 1 aromatic heterocycles. The van der Waals surface area contributed by atoms with Crippen molar-refractivity contribution in [2.75, 3.05) is 10.6 Å². The first-order valence-electron chi connectivity index (χ1n) is 8.46. The molecule has 7 nitrogen and oxygen atoms in total. The fourth-order valence-corrected chi connectivity index (χ4v) is 2.87. The number of amides is 1. The number of nitrogens with two attached hydrogens (primary N) is 1. The Labute approximate surface area is 170 Å². The quantitative estimate of drug-likeness (QED) is 0.480. The molecule has 0 bridgehead atoms. The number of hydrogen-bond acceptors (Lipinski definition) is 6. The van der Waals surface area contributed by atoms with E-state index < -0.39 is 0 Å². The molecule has 3 rings (SSSR count). The molecule has 0 aliphatic heterocycles. The van der Waals surface area contributed by atoms with E-state index in [-0.39, 0.29) is 18.1 Å². The van der Waals surface area contributed by atoms with Crippen molar-refractivity contribution in [2.24, 2.45) is 5.73 Å². The molecule has 0 spiro atoms. The maximum Gasteiger partial charge on any atom is 0.229 e. The summed E-state index contributed by atoms with van der Waals surface area (Å²) in [6, 6.07) is 14.5. The van der Waals surface area contributed by atoms with Crippen LogP contribution in [0.2, 0.25) is 0 Å². The van der Waals surface area contributed by atoms with E-state index in [1.165, 1.54) is 6.92 Å². The molecule has 0 atom stereocenters. The fraction of sp³-hybridized carbons (Fsp3) is 0.100. The van der Waals surface area contributed by atoms with Gasteiger partial charge in [-0.3, -0.25) is 9.59 Å². The number of hydrogen-bond donors (Lipinski definition) is 3. The number of para-hydroxylation sites is 1. The molecule has 1 heterocycles. The second kappa shape index (κ2) is 8.62. The zero-order chi connectivity index (χ0) is 20.1. The lowest BCUT2D eigenvalue weighted by atomic mass is 10.1. The molecule has 8 heteroatoms. The average Bonchev–Trinajstić information content (AvgIpc) is 2.66. The Kier molecular flexibility index (Phi) is 6.00. The number of primary amides is 1. The Balaban J connectivity index is 1.80. The van der Waals surface area contributed by atoms with Crippen molar-refractivity contribution in [3.8, 4) is 0 Å². The van der Waals surface area contributed by atoms with Gasteiger partial charge in [-0.2, -0.15) is 4.98 Å². The van der Waals surface area contributed by atoms with Crippen LogP contribution in [0.15, 0.2) is 59.2 Å². The molecule has 0 aliphatic rings. The van der Waals surface area contributed by atoms with Crippen LogP contribution in [0.25, 0.3) is 0 Å². The monoisotopic (exact) mass is 439 g/mol. The number of ketones is 1. The summed E-state index contributed by atoms with van der Waals surface area (Å²) in [5.41, 5.74) is 8.04. The van der Waals surface area contributed by atoms with Crippen molar-refractivity contribution in [2.45, 2.75) is 13.3 Å². The lowest BCUT2D eigenvalue weighted by Gasteiger charge is -2.12. The number of carbonyl (C=O) groups is 2. The molecule has 3 aromatic rings. The van der Waals surface area contributed by atoms with E-state index in [9.17, 15) is 9.59 Å². The normalized spacial score (nSPS) is 10.4. The highest BCUT2D eigenvalue weighted by Crippen LogP contribution is 2.27. The van der Waals surface area contributed by atoms with Gasteiger partial charge in [-0.1, -0.05) is 24.3 Å². The highest BCUT2D eigenvalue weighted by molar-refractivity contribution is 9.10. The van der Waals surface area contributed by atoms with Crippen LogP contribution in [0.4, 0.5) is 23.1 Å². The Morgan fingerprint density at radius 3 is 2.46 bits per heavy atom. The second-order valence-corrected chi connectivity index (χ2v) is 6.94. The largest absolute Gasteiger partial charge is 0.369 e. The van der Waals surface area contributed by atoms with E-state index in [4.69, 9.17) is 5.73 Å². The van der Waals surface area contributed by atoms with Gasteiger partial charge >= 0.3 is 0 Å². The molecule has 142 valence electrons. The first-order valence-corrected chi connectivity index (χ1v) is 9.25. The maximum absolute atomic E-state index is 11.8. The fourth-order valence-electron chi connectivity index (χ4n) is 2.58. The minimum atomic E-state index is -0.376. The number of halogens is 1. The minimum absolute atomic E-state index is 0.0392. The summed E-state index contributed by atoms with van der Waals surface area (Å²) < 4.78 is 0.660. The van der Waals surface area contributed by atoms with Crippen molar-refractivity contribution in [3.05, 3.63) is 70.3 Å². The smallest absolute Gasteiger partial charge is 0.229 e. The molecular formula is C20H18BrN5O2. The third-order valence-electron chi connectivity index (χ3n) is 3.89. The SMILES string of the molecule is CC(=O)c1ccccc1Nc1nc(Nc2ccc(CC(N)=O)cc2)ncc1Br. The first-order chi connectivity index (χ1) is 13.4. The van der Waals surface area contributed by atoms with Crippen molar-refractivity contribution in [3.63, 3.8) is 0 Å². The van der Waals surface area contributed by atoms with Crippen molar-refractivity contribution in [1.29, 1.82) is 0 Å². The van der Waals surface area contributed by atoms with E-state index >= 15 is 0 Å². The second-order valence-electron chi connectivity index (χ2n) is 6.08.